The van der Waals surface area contributed by atoms with Gasteiger partial charge >= 0.3 is 6.18 Å². The van der Waals surface area contributed by atoms with Crippen LogP contribution in [-0.2, 0) is 16.8 Å². The summed E-state index contributed by atoms with van der Waals surface area (Å²) in [6.07, 6.45) is 0.195. The van der Waals surface area contributed by atoms with Gasteiger partial charge in [-0.1, -0.05) is 0 Å². The number of ether oxygens (including phenoxy) is 2. The molecule has 2 aliphatic rings. The van der Waals surface area contributed by atoms with E-state index in [9.17, 15) is 22.8 Å². The van der Waals surface area contributed by atoms with Crippen LogP contribution in [0.5, 0.6) is 5.88 Å². The molecule has 1 fully saturated rings. The molecule has 0 radical (unpaired) electrons. The lowest BCUT2D eigenvalue weighted by molar-refractivity contribution is -0.142. The number of hydrogen-bond acceptors (Lipinski definition) is 7. The first-order chi connectivity index (χ1) is 18.7. The van der Waals surface area contributed by atoms with Crippen molar-refractivity contribution in [1.82, 2.24) is 25.1 Å². The minimum atomic E-state index is -4.45. The predicted octanol–water partition coefficient (Wildman–Crippen LogP) is 4.02. The maximum atomic E-state index is 13.5. The molecular formula is C27H29F3N6O4. The molecule has 1 saturated heterocycles. The number of aryl methyl sites for hydroxylation is 1. The van der Waals surface area contributed by atoms with Crippen molar-refractivity contribution in [2.45, 2.75) is 57.9 Å². The number of nitrogens with one attached hydrogen (secondary N) is 1. The average Bonchev–Trinajstić information content (AvgIpc) is 3.54. The van der Waals surface area contributed by atoms with Crippen LogP contribution >= 0.6 is 0 Å². The lowest BCUT2D eigenvalue weighted by Gasteiger charge is -2.30. The van der Waals surface area contributed by atoms with Crippen LogP contribution in [0.1, 0.15) is 59.2 Å². The average molecular weight is 559 g/mol. The van der Waals surface area contributed by atoms with Gasteiger partial charge in [0.25, 0.3) is 11.8 Å². The third-order valence-electron chi connectivity index (χ3n) is 7.21. The zero-order valence-electron chi connectivity index (χ0n) is 22.7. The second-order valence-corrected chi connectivity index (χ2v) is 10.9. The minimum absolute atomic E-state index is 0.152. The number of carbonyl (C=O) groups excluding carboxylic acids is 2. The number of carbonyl (C=O) groups is 2. The lowest BCUT2D eigenvalue weighted by atomic mass is 9.95. The number of alkyl halides is 3. The summed E-state index contributed by atoms with van der Waals surface area (Å²) in [6.45, 7) is 6.89. The summed E-state index contributed by atoms with van der Waals surface area (Å²) in [6, 6.07) is 3.36. The van der Waals surface area contributed by atoms with E-state index in [1.807, 2.05) is 6.92 Å². The molecule has 5 heterocycles. The van der Waals surface area contributed by atoms with Gasteiger partial charge in [0.05, 0.1) is 53.6 Å². The Morgan fingerprint density at radius 3 is 2.62 bits per heavy atom. The van der Waals surface area contributed by atoms with Crippen LogP contribution in [0.2, 0.25) is 0 Å². The predicted molar refractivity (Wildman–Crippen MR) is 138 cm³/mol. The van der Waals surface area contributed by atoms with E-state index in [4.69, 9.17) is 14.5 Å². The molecule has 2 aliphatic heterocycles. The molecule has 5 rings (SSSR count). The molecule has 40 heavy (non-hydrogen) atoms. The summed E-state index contributed by atoms with van der Waals surface area (Å²) >= 11 is 0. The molecule has 0 aliphatic carbocycles. The van der Waals surface area contributed by atoms with Crippen LogP contribution in [0.25, 0.3) is 11.3 Å². The zero-order valence-corrected chi connectivity index (χ0v) is 22.7. The highest BCUT2D eigenvalue weighted by atomic mass is 19.4. The highest BCUT2D eigenvalue weighted by Crippen LogP contribution is 2.43. The maximum absolute atomic E-state index is 13.5. The second-order valence-electron chi connectivity index (χ2n) is 10.9. The highest BCUT2D eigenvalue weighted by molar-refractivity contribution is 6.12. The van der Waals surface area contributed by atoms with Crippen LogP contribution < -0.4 is 15.0 Å². The number of nitrogens with zero attached hydrogens (tertiary/aromatic N) is 5. The third-order valence-corrected chi connectivity index (χ3v) is 7.21. The Balaban J connectivity index is 1.51. The van der Waals surface area contributed by atoms with Crippen molar-refractivity contribution in [3.05, 3.63) is 53.1 Å². The van der Waals surface area contributed by atoms with E-state index >= 15 is 0 Å². The first kappa shape index (κ1) is 27.6. The number of methoxy groups -OCH3 is 1. The van der Waals surface area contributed by atoms with Gasteiger partial charge in [0.15, 0.2) is 0 Å². The largest absolute Gasteiger partial charge is 0.480 e. The summed E-state index contributed by atoms with van der Waals surface area (Å²) in [5, 5.41) is 6.80. The van der Waals surface area contributed by atoms with Gasteiger partial charge in [-0.15, -0.1) is 0 Å². The lowest BCUT2D eigenvalue weighted by Crippen LogP contribution is -2.46. The molecule has 0 bridgehead atoms. The smallest absolute Gasteiger partial charge is 0.408 e. The Morgan fingerprint density at radius 2 is 1.98 bits per heavy atom. The van der Waals surface area contributed by atoms with Crippen molar-refractivity contribution in [2.24, 2.45) is 0 Å². The fraction of sp³-hybridized carbons (Fsp3) is 0.444. The monoisotopic (exact) mass is 558 g/mol. The van der Waals surface area contributed by atoms with Crippen molar-refractivity contribution in [3.8, 4) is 17.1 Å². The van der Waals surface area contributed by atoms with Gasteiger partial charge in [-0.25, -0.2) is 9.97 Å². The van der Waals surface area contributed by atoms with Gasteiger partial charge < -0.3 is 14.8 Å². The van der Waals surface area contributed by atoms with Gasteiger partial charge in [-0.2, -0.15) is 18.3 Å². The number of anilines is 1. The van der Waals surface area contributed by atoms with E-state index in [-0.39, 0.29) is 28.9 Å². The Morgan fingerprint density at radius 1 is 1.23 bits per heavy atom. The van der Waals surface area contributed by atoms with Crippen molar-refractivity contribution in [2.75, 3.05) is 25.2 Å². The molecule has 13 heteroatoms. The number of rotatable bonds is 6. The number of amides is 2. The van der Waals surface area contributed by atoms with Gasteiger partial charge in [-0.3, -0.25) is 19.2 Å². The summed E-state index contributed by atoms with van der Waals surface area (Å²) in [5.41, 5.74) is 1.39. The normalized spacial score (nSPS) is 20.1. The number of pyridine rings is 2. The molecule has 1 atom stereocenters. The van der Waals surface area contributed by atoms with E-state index in [2.05, 4.69) is 15.4 Å². The number of halogens is 3. The molecule has 3 aromatic heterocycles. The Hall–Kier alpha value is -4.00. The molecular weight excluding hydrogens is 529 g/mol. The van der Waals surface area contributed by atoms with Crippen molar-refractivity contribution < 1.29 is 32.2 Å². The first-order valence-electron chi connectivity index (χ1n) is 12.6. The van der Waals surface area contributed by atoms with Gasteiger partial charge in [0.1, 0.15) is 12.1 Å². The fourth-order valence-electron chi connectivity index (χ4n) is 5.21. The molecule has 3 aromatic rings. The molecule has 0 saturated carbocycles. The minimum Gasteiger partial charge on any atom is -0.480 e. The van der Waals surface area contributed by atoms with Crippen LogP contribution in [0.3, 0.4) is 0 Å². The van der Waals surface area contributed by atoms with E-state index in [0.29, 0.717) is 47.7 Å². The van der Waals surface area contributed by atoms with E-state index < -0.39 is 23.8 Å². The van der Waals surface area contributed by atoms with Gasteiger partial charge in [0.2, 0.25) is 5.88 Å². The highest BCUT2D eigenvalue weighted by Gasteiger charge is 2.47. The van der Waals surface area contributed by atoms with Crippen molar-refractivity contribution in [1.29, 1.82) is 0 Å². The Labute approximate surface area is 228 Å². The summed E-state index contributed by atoms with van der Waals surface area (Å²) in [7, 11) is 1.43. The van der Waals surface area contributed by atoms with E-state index in [1.54, 1.807) is 32.9 Å². The third kappa shape index (κ3) is 4.89. The van der Waals surface area contributed by atoms with E-state index in [0.717, 1.165) is 4.68 Å². The SMILES string of the molecule is COc1ncc(-c2cc(C)c3c(n2)C(C)(C)N(c2cnn(CC(F)(F)F)c2)C3=O)cc1C(=O)N[C@]1(C)CCOC1. The van der Waals surface area contributed by atoms with Gasteiger partial charge in [0, 0.05) is 24.6 Å². The zero-order chi connectivity index (χ0) is 29.0. The van der Waals surface area contributed by atoms with E-state index in [1.165, 1.54) is 30.6 Å². The quantitative estimate of drug-likeness (QED) is 0.487. The van der Waals surface area contributed by atoms with Crippen molar-refractivity contribution >= 4 is 17.5 Å². The Bertz CT molecular complexity index is 1490. The molecule has 0 aromatic carbocycles. The molecule has 0 unspecified atom stereocenters. The maximum Gasteiger partial charge on any atom is 0.408 e. The standard InChI is InChI=1S/C27H29F3N6O4/c1-15-8-19(16-9-18(23(39-5)31-10-16)22(37)34-26(4)6-7-40-14-26)33-21-20(15)24(38)36(25(21,2)3)17-11-32-35(12-17)13-27(28,29)30/h8-12H,6-7,13-14H2,1-5H3,(H,34,37)/t26-/m1/s1. The van der Waals surface area contributed by atoms with Crippen LogP contribution in [0.4, 0.5) is 18.9 Å². The molecule has 0 spiro atoms. The Kier molecular flexibility index (Phi) is 6.60. The number of hydrogen-bond donors (Lipinski definition) is 1. The molecule has 1 N–H and O–H groups in total. The topological polar surface area (TPSA) is 111 Å². The number of aromatic nitrogens is 4. The summed E-state index contributed by atoms with van der Waals surface area (Å²) in [4.78, 5) is 37.3. The molecule has 212 valence electrons. The molecule has 2 amide bonds. The van der Waals surface area contributed by atoms with Gasteiger partial charge in [-0.05, 0) is 51.8 Å². The van der Waals surface area contributed by atoms with Crippen LogP contribution in [-0.4, -0.2) is 63.6 Å². The summed E-state index contributed by atoms with van der Waals surface area (Å²) in [5.74, 6) is -0.600. The number of fused-ring (bicyclic) bond motifs is 1. The fourth-order valence-corrected chi connectivity index (χ4v) is 5.21. The summed E-state index contributed by atoms with van der Waals surface area (Å²) < 4.78 is 50.2. The van der Waals surface area contributed by atoms with Crippen LogP contribution in [0, 0.1) is 6.92 Å². The first-order valence-corrected chi connectivity index (χ1v) is 12.6. The second kappa shape index (κ2) is 9.58. The van der Waals surface area contributed by atoms with Crippen LogP contribution in [0.15, 0.2) is 30.7 Å². The molecule has 10 nitrogen and oxygen atoms in total. The van der Waals surface area contributed by atoms with Crippen molar-refractivity contribution in [3.63, 3.8) is 0 Å².